The minimum atomic E-state index is 1.31. The number of hydrogen-bond acceptors (Lipinski definition) is 0. The fourth-order valence-electron chi connectivity index (χ4n) is 5.79. The molecule has 0 amide bonds. The van der Waals surface area contributed by atoms with E-state index in [0.717, 1.165) is 0 Å². The lowest BCUT2D eigenvalue weighted by Gasteiger charge is -2.02. The normalized spacial score (nSPS) is 10.9. The van der Waals surface area contributed by atoms with Crippen molar-refractivity contribution in [3.63, 3.8) is 0 Å². The van der Waals surface area contributed by atoms with Crippen molar-refractivity contribution >= 4 is 64.6 Å². The fraction of sp³-hybridized carbons (Fsp3) is 0. The molecule has 0 radical (unpaired) electrons. The smallest absolute Gasteiger partial charge is 0.0105 e. The molecular weight excluding hydrogens is 504 g/mol. The van der Waals surface area contributed by atoms with Gasteiger partial charge in [0.1, 0.15) is 0 Å². The third-order valence-corrected chi connectivity index (χ3v) is 7.92. The van der Waals surface area contributed by atoms with Crippen molar-refractivity contribution in [3.8, 4) is 0 Å². The second kappa shape index (κ2) is 11.6. The van der Waals surface area contributed by atoms with Crippen LogP contribution in [0.1, 0.15) is 0 Å². The van der Waals surface area contributed by atoms with Crippen LogP contribution >= 0.6 is 0 Å². The van der Waals surface area contributed by atoms with E-state index in [9.17, 15) is 0 Å². The Kier molecular flexibility index (Phi) is 7.02. The predicted molar refractivity (Wildman–Crippen MR) is 184 cm³/mol. The van der Waals surface area contributed by atoms with Crippen LogP contribution < -0.4 is 0 Å². The molecule has 9 aromatic carbocycles. The Balaban J connectivity index is 0.000000103. The van der Waals surface area contributed by atoms with E-state index < -0.39 is 0 Å². The predicted octanol–water partition coefficient (Wildman–Crippen LogP) is 12.0. The molecule has 0 heterocycles. The van der Waals surface area contributed by atoms with Gasteiger partial charge in [0.2, 0.25) is 0 Å². The second-order valence-corrected chi connectivity index (χ2v) is 10.6. The summed E-state index contributed by atoms with van der Waals surface area (Å²) in [6, 6.07) is 64.2. The largest absolute Gasteiger partial charge is 0.0616 e. The highest BCUT2D eigenvalue weighted by molar-refractivity contribution is 6.08. The van der Waals surface area contributed by atoms with Crippen LogP contribution in [-0.4, -0.2) is 0 Å². The van der Waals surface area contributed by atoms with Crippen LogP contribution in [0.4, 0.5) is 0 Å². The zero-order chi connectivity index (χ0) is 28.1. The molecule has 0 aliphatic carbocycles. The van der Waals surface area contributed by atoms with E-state index in [4.69, 9.17) is 0 Å². The molecular formula is C42H30. The van der Waals surface area contributed by atoms with Gasteiger partial charge in [0.05, 0.1) is 0 Å². The first-order valence-electron chi connectivity index (χ1n) is 14.4. The van der Waals surface area contributed by atoms with Gasteiger partial charge in [0.25, 0.3) is 0 Å². The summed E-state index contributed by atoms with van der Waals surface area (Å²) >= 11 is 0. The number of benzene rings is 9. The van der Waals surface area contributed by atoms with Crippen molar-refractivity contribution in [3.05, 3.63) is 182 Å². The van der Waals surface area contributed by atoms with Gasteiger partial charge in [0.15, 0.2) is 0 Å². The van der Waals surface area contributed by atoms with Gasteiger partial charge >= 0.3 is 0 Å². The Bertz CT molecular complexity index is 1960. The monoisotopic (exact) mass is 534 g/mol. The van der Waals surface area contributed by atoms with Crippen molar-refractivity contribution < 1.29 is 0 Å². The minimum Gasteiger partial charge on any atom is -0.0616 e. The Morgan fingerprint density at radius 2 is 0.357 bits per heavy atom. The molecule has 0 aliphatic rings. The van der Waals surface area contributed by atoms with Gasteiger partial charge in [-0.25, -0.2) is 0 Å². The lowest BCUT2D eigenvalue weighted by Crippen LogP contribution is -1.75. The number of rotatable bonds is 0. The van der Waals surface area contributed by atoms with E-state index in [2.05, 4.69) is 182 Å². The Labute approximate surface area is 246 Å². The molecule has 0 aromatic heterocycles. The minimum absolute atomic E-state index is 1.31. The maximum Gasteiger partial charge on any atom is -0.0105 e. The highest BCUT2D eigenvalue weighted by Gasteiger charge is 1.99. The van der Waals surface area contributed by atoms with Crippen LogP contribution in [0.2, 0.25) is 0 Å². The topological polar surface area (TPSA) is 0 Å². The van der Waals surface area contributed by atoms with Crippen LogP contribution in [0.5, 0.6) is 0 Å². The second-order valence-electron chi connectivity index (χ2n) is 10.6. The molecule has 0 fully saturated rings. The van der Waals surface area contributed by atoms with Crippen LogP contribution in [0.15, 0.2) is 182 Å². The standard InChI is InChI=1S/3C14H10/c2*1-3-7-13-11(5-1)9-10-12-6-2-4-8-14(12)13;1-2-6-12-10-14-8-4-3-7-13(14)9-11(12)5-1/h3*1-10H. The molecule has 0 nitrogen and oxygen atoms in total. The maximum absolute atomic E-state index is 2.24. The van der Waals surface area contributed by atoms with Crippen LogP contribution in [0, 0.1) is 0 Å². The average Bonchev–Trinajstić information content (AvgIpc) is 3.08. The summed E-state index contributed by atoms with van der Waals surface area (Å²) < 4.78 is 0. The summed E-state index contributed by atoms with van der Waals surface area (Å²) in [6.45, 7) is 0. The number of fused-ring (bicyclic) bond motifs is 8. The molecule has 42 heavy (non-hydrogen) atoms. The SMILES string of the molecule is c1ccc2c(c1)ccc1ccccc12.c1ccc2c(c1)ccc1ccccc12.c1ccc2cc3ccccc3cc2c1. The molecule has 9 aromatic rings. The van der Waals surface area contributed by atoms with Crippen molar-refractivity contribution in [1.29, 1.82) is 0 Å². The summed E-state index contributed by atoms with van der Waals surface area (Å²) in [4.78, 5) is 0. The highest BCUT2D eigenvalue weighted by Crippen LogP contribution is 2.26. The van der Waals surface area contributed by atoms with Gasteiger partial charge in [-0.3, -0.25) is 0 Å². The summed E-state index contributed by atoms with van der Waals surface area (Å²) in [7, 11) is 0. The first kappa shape index (κ1) is 25.5. The highest BCUT2D eigenvalue weighted by atomic mass is 14.0. The van der Waals surface area contributed by atoms with Crippen molar-refractivity contribution in [2.75, 3.05) is 0 Å². The molecule has 0 saturated carbocycles. The van der Waals surface area contributed by atoms with E-state index >= 15 is 0 Å². The molecule has 0 atom stereocenters. The van der Waals surface area contributed by atoms with Gasteiger partial charge in [-0.15, -0.1) is 0 Å². The Hall–Kier alpha value is -5.46. The van der Waals surface area contributed by atoms with Crippen molar-refractivity contribution in [2.45, 2.75) is 0 Å². The van der Waals surface area contributed by atoms with Gasteiger partial charge in [-0.1, -0.05) is 170 Å². The molecule has 0 bridgehead atoms. The van der Waals surface area contributed by atoms with E-state index in [-0.39, 0.29) is 0 Å². The van der Waals surface area contributed by atoms with Gasteiger partial charge in [-0.05, 0) is 76.8 Å². The van der Waals surface area contributed by atoms with Crippen LogP contribution in [0.25, 0.3) is 64.6 Å². The van der Waals surface area contributed by atoms with Crippen LogP contribution in [-0.2, 0) is 0 Å². The molecule has 0 spiro atoms. The first-order chi connectivity index (χ1) is 20.8. The van der Waals surface area contributed by atoms with E-state index in [0.29, 0.717) is 0 Å². The third kappa shape index (κ3) is 5.19. The van der Waals surface area contributed by atoms with E-state index in [1.54, 1.807) is 0 Å². The zero-order valence-electron chi connectivity index (χ0n) is 23.3. The molecule has 198 valence electrons. The number of hydrogen-bond donors (Lipinski definition) is 0. The lowest BCUT2D eigenvalue weighted by molar-refractivity contribution is 1.76. The molecule has 0 saturated heterocycles. The van der Waals surface area contributed by atoms with Gasteiger partial charge in [0, 0.05) is 0 Å². The molecule has 0 N–H and O–H groups in total. The Morgan fingerprint density at radius 1 is 0.167 bits per heavy atom. The third-order valence-electron chi connectivity index (χ3n) is 7.92. The summed E-state index contributed by atoms with van der Waals surface area (Å²) in [5.74, 6) is 0. The maximum atomic E-state index is 2.24. The lowest BCUT2D eigenvalue weighted by atomic mass is 10.0. The van der Waals surface area contributed by atoms with Crippen molar-refractivity contribution in [2.24, 2.45) is 0 Å². The van der Waals surface area contributed by atoms with E-state index in [1.165, 1.54) is 64.6 Å². The fourth-order valence-corrected chi connectivity index (χ4v) is 5.79. The van der Waals surface area contributed by atoms with Gasteiger partial charge < -0.3 is 0 Å². The molecule has 0 aliphatic heterocycles. The van der Waals surface area contributed by atoms with E-state index in [1.807, 2.05) is 0 Å². The summed E-state index contributed by atoms with van der Waals surface area (Å²) in [5, 5.41) is 15.8. The quantitative estimate of drug-likeness (QED) is 0.134. The Morgan fingerprint density at radius 3 is 0.595 bits per heavy atom. The molecule has 9 rings (SSSR count). The molecule has 0 unspecified atom stereocenters. The summed E-state index contributed by atoms with van der Waals surface area (Å²) in [6.07, 6.45) is 0. The summed E-state index contributed by atoms with van der Waals surface area (Å²) in [5.41, 5.74) is 0. The van der Waals surface area contributed by atoms with Crippen molar-refractivity contribution in [1.82, 2.24) is 0 Å². The van der Waals surface area contributed by atoms with Gasteiger partial charge in [-0.2, -0.15) is 0 Å². The average molecular weight is 535 g/mol. The zero-order valence-corrected chi connectivity index (χ0v) is 23.3. The first-order valence-corrected chi connectivity index (χ1v) is 14.4. The van der Waals surface area contributed by atoms with Crippen LogP contribution in [0.3, 0.4) is 0 Å². The molecule has 0 heteroatoms.